The quantitative estimate of drug-likeness (QED) is 0.601. The van der Waals surface area contributed by atoms with Gasteiger partial charge in [0.15, 0.2) is 5.78 Å². The minimum atomic E-state index is -0.359. The SMILES string of the molecule is CCCC.CCOC(=O)c1ccc(C(C)=O)cc1. The molecule has 0 fully saturated rings. The van der Waals surface area contributed by atoms with Gasteiger partial charge >= 0.3 is 5.97 Å². The van der Waals surface area contributed by atoms with Gasteiger partial charge in [-0.3, -0.25) is 4.79 Å². The van der Waals surface area contributed by atoms with Crippen LogP contribution in [0.25, 0.3) is 0 Å². The fourth-order valence-corrected chi connectivity index (χ4v) is 1.06. The van der Waals surface area contributed by atoms with Crippen molar-refractivity contribution < 1.29 is 14.3 Å². The molecule has 0 aliphatic heterocycles. The van der Waals surface area contributed by atoms with E-state index in [1.807, 2.05) is 0 Å². The molecular formula is C15H22O3. The van der Waals surface area contributed by atoms with Crippen LogP contribution in [0.4, 0.5) is 0 Å². The minimum Gasteiger partial charge on any atom is -0.462 e. The zero-order chi connectivity index (χ0) is 14.0. The number of hydrogen-bond donors (Lipinski definition) is 0. The molecule has 0 aliphatic carbocycles. The van der Waals surface area contributed by atoms with Gasteiger partial charge in [0.2, 0.25) is 0 Å². The number of esters is 1. The molecule has 1 aromatic carbocycles. The molecule has 0 aromatic heterocycles. The van der Waals surface area contributed by atoms with Crippen molar-refractivity contribution in [2.24, 2.45) is 0 Å². The van der Waals surface area contributed by atoms with Gasteiger partial charge in [-0.25, -0.2) is 4.79 Å². The summed E-state index contributed by atoms with van der Waals surface area (Å²) in [6.45, 7) is 7.95. The predicted molar refractivity (Wildman–Crippen MR) is 73.0 cm³/mol. The van der Waals surface area contributed by atoms with Crippen molar-refractivity contribution in [3.05, 3.63) is 35.4 Å². The third kappa shape index (κ3) is 6.18. The highest BCUT2D eigenvalue weighted by Gasteiger charge is 2.06. The van der Waals surface area contributed by atoms with Crippen LogP contribution in [0.1, 0.15) is 61.3 Å². The largest absolute Gasteiger partial charge is 0.462 e. The molecule has 18 heavy (non-hydrogen) atoms. The van der Waals surface area contributed by atoms with Crippen molar-refractivity contribution in [2.45, 2.75) is 40.5 Å². The van der Waals surface area contributed by atoms with E-state index >= 15 is 0 Å². The Balaban J connectivity index is 0.000000631. The zero-order valence-electron chi connectivity index (χ0n) is 11.7. The van der Waals surface area contributed by atoms with Gasteiger partial charge in [-0.05, 0) is 26.0 Å². The average molecular weight is 250 g/mol. The summed E-state index contributed by atoms with van der Waals surface area (Å²) in [5, 5.41) is 0. The molecule has 0 unspecified atom stereocenters. The molecule has 3 nitrogen and oxygen atoms in total. The predicted octanol–water partition coefficient (Wildman–Crippen LogP) is 3.87. The van der Waals surface area contributed by atoms with E-state index < -0.39 is 0 Å². The second-order valence-electron chi connectivity index (χ2n) is 3.85. The lowest BCUT2D eigenvalue weighted by Gasteiger charge is -2.01. The first-order valence-corrected chi connectivity index (χ1v) is 6.34. The summed E-state index contributed by atoms with van der Waals surface area (Å²) in [6, 6.07) is 6.42. The highest BCUT2D eigenvalue weighted by molar-refractivity contribution is 5.96. The van der Waals surface area contributed by atoms with E-state index in [1.54, 1.807) is 31.2 Å². The Morgan fingerprint density at radius 1 is 0.944 bits per heavy atom. The summed E-state index contributed by atoms with van der Waals surface area (Å²) >= 11 is 0. The lowest BCUT2D eigenvalue weighted by Crippen LogP contribution is -2.04. The zero-order valence-corrected chi connectivity index (χ0v) is 11.7. The van der Waals surface area contributed by atoms with Crippen LogP contribution < -0.4 is 0 Å². The van der Waals surface area contributed by atoms with Crippen molar-refractivity contribution in [3.63, 3.8) is 0 Å². The lowest BCUT2D eigenvalue weighted by atomic mass is 10.1. The molecule has 0 spiro atoms. The number of benzene rings is 1. The first kappa shape index (κ1) is 16.4. The van der Waals surface area contributed by atoms with Crippen LogP contribution >= 0.6 is 0 Å². The summed E-state index contributed by atoms with van der Waals surface area (Å²) < 4.78 is 4.80. The van der Waals surface area contributed by atoms with E-state index in [1.165, 1.54) is 19.8 Å². The summed E-state index contributed by atoms with van der Waals surface area (Å²) in [4.78, 5) is 22.2. The fraction of sp³-hybridized carbons (Fsp3) is 0.467. The molecule has 1 aromatic rings. The molecule has 0 atom stereocenters. The second-order valence-corrected chi connectivity index (χ2v) is 3.85. The molecular weight excluding hydrogens is 228 g/mol. The molecule has 0 aliphatic rings. The maximum Gasteiger partial charge on any atom is 0.338 e. The van der Waals surface area contributed by atoms with Crippen molar-refractivity contribution >= 4 is 11.8 Å². The molecule has 0 radical (unpaired) electrons. The highest BCUT2D eigenvalue weighted by Crippen LogP contribution is 2.06. The molecule has 0 amide bonds. The normalized spacial score (nSPS) is 9.11. The maximum atomic E-state index is 11.2. The van der Waals surface area contributed by atoms with Gasteiger partial charge in [0.25, 0.3) is 0 Å². The van der Waals surface area contributed by atoms with E-state index in [4.69, 9.17) is 4.74 Å². The lowest BCUT2D eigenvalue weighted by molar-refractivity contribution is 0.0526. The Kier molecular flexibility index (Phi) is 8.54. The summed E-state index contributed by atoms with van der Waals surface area (Å²) in [7, 11) is 0. The number of ketones is 1. The number of carbonyl (C=O) groups excluding carboxylic acids is 2. The summed E-state index contributed by atoms with van der Waals surface area (Å²) in [5.41, 5.74) is 1.06. The molecule has 0 heterocycles. The molecule has 0 saturated carbocycles. The third-order valence-electron chi connectivity index (χ3n) is 2.30. The van der Waals surface area contributed by atoms with Crippen molar-refractivity contribution in [2.75, 3.05) is 6.61 Å². The van der Waals surface area contributed by atoms with Crippen LogP contribution in [0.2, 0.25) is 0 Å². The van der Waals surface area contributed by atoms with Crippen molar-refractivity contribution in [3.8, 4) is 0 Å². The standard InChI is InChI=1S/C11H12O3.C4H10/c1-3-14-11(13)10-6-4-9(5-7-10)8(2)12;1-3-4-2/h4-7H,3H2,1-2H3;3-4H2,1-2H3. The number of unbranched alkanes of at least 4 members (excludes halogenated alkanes) is 1. The number of rotatable bonds is 4. The van der Waals surface area contributed by atoms with Crippen LogP contribution in [-0.4, -0.2) is 18.4 Å². The van der Waals surface area contributed by atoms with E-state index in [2.05, 4.69) is 13.8 Å². The van der Waals surface area contributed by atoms with Gasteiger partial charge in [0.1, 0.15) is 0 Å². The molecule has 0 bridgehead atoms. The van der Waals surface area contributed by atoms with Gasteiger partial charge in [0, 0.05) is 5.56 Å². The molecule has 3 heteroatoms. The third-order valence-corrected chi connectivity index (χ3v) is 2.30. The van der Waals surface area contributed by atoms with Crippen molar-refractivity contribution in [1.82, 2.24) is 0 Å². The number of Topliss-reactive ketones (excluding diaryl/α,β-unsaturated/α-hetero) is 1. The van der Waals surface area contributed by atoms with Crippen LogP contribution in [0, 0.1) is 0 Å². The first-order chi connectivity index (χ1) is 8.56. The van der Waals surface area contributed by atoms with E-state index in [0.717, 1.165) is 0 Å². The van der Waals surface area contributed by atoms with E-state index in [0.29, 0.717) is 17.7 Å². The summed E-state index contributed by atoms with van der Waals surface area (Å²) in [5.74, 6) is -0.372. The van der Waals surface area contributed by atoms with Gasteiger partial charge < -0.3 is 4.74 Å². The maximum absolute atomic E-state index is 11.2. The number of carbonyl (C=O) groups is 2. The van der Waals surface area contributed by atoms with Gasteiger partial charge in [-0.2, -0.15) is 0 Å². The van der Waals surface area contributed by atoms with Crippen molar-refractivity contribution in [1.29, 1.82) is 0 Å². The Morgan fingerprint density at radius 2 is 1.39 bits per heavy atom. The number of hydrogen-bond acceptors (Lipinski definition) is 3. The Labute approximate surface area is 109 Å². The first-order valence-electron chi connectivity index (χ1n) is 6.34. The monoisotopic (exact) mass is 250 g/mol. The Morgan fingerprint density at radius 3 is 1.72 bits per heavy atom. The summed E-state index contributed by atoms with van der Waals surface area (Å²) in [6.07, 6.45) is 2.64. The molecule has 1 rings (SSSR count). The van der Waals surface area contributed by atoms with Gasteiger partial charge in [0.05, 0.1) is 12.2 Å². The fourth-order valence-electron chi connectivity index (χ4n) is 1.06. The van der Waals surface area contributed by atoms with E-state index in [9.17, 15) is 9.59 Å². The van der Waals surface area contributed by atoms with E-state index in [-0.39, 0.29) is 11.8 Å². The van der Waals surface area contributed by atoms with Crippen LogP contribution in [0.3, 0.4) is 0 Å². The molecule has 0 N–H and O–H groups in total. The average Bonchev–Trinajstić information content (AvgIpc) is 2.39. The topological polar surface area (TPSA) is 43.4 Å². The Hall–Kier alpha value is -1.64. The highest BCUT2D eigenvalue weighted by atomic mass is 16.5. The van der Waals surface area contributed by atoms with Crippen LogP contribution in [0.5, 0.6) is 0 Å². The molecule has 0 saturated heterocycles. The molecule has 100 valence electrons. The van der Waals surface area contributed by atoms with Crippen LogP contribution in [0.15, 0.2) is 24.3 Å². The minimum absolute atomic E-state index is 0.0135. The Bertz CT molecular complexity index is 364. The smallest absolute Gasteiger partial charge is 0.338 e. The van der Waals surface area contributed by atoms with Gasteiger partial charge in [-0.15, -0.1) is 0 Å². The van der Waals surface area contributed by atoms with Crippen LogP contribution in [-0.2, 0) is 4.74 Å². The second kappa shape index (κ2) is 9.40. The number of ether oxygens (including phenoxy) is 1. The van der Waals surface area contributed by atoms with Gasteiger partial charge in [-0.1, -0.05) is 38.8 Å².